The lowest BCUT2D eigenvalue weighted by Gasteiger charge is -2.23. The molecule has 0 aromatic heterocycles. The Labute approximate surface area is 134 Å². The molecule has 0 amide bonds. The first-order valence-electron chi connectivity index (χ1n) is 6.86. The van der Waals surface area contributed by atoms with Crippen molar-refractivity contribution in [1.29, 1.82) is 0 Å². The van der Waals surface area contributed by atoms with E-state index in [0.717, 1.165) is 21.3 Å². The maximum atomic E-state index is 6.09. The third kappa shape index (κ3) is 4.30. The summed E-state index contributed by atoms with van der Waals surface area (Å²) in [6.45, 7) is 2.44. The van der Waals surface area contributed by atoms with Crippen LogP contribution >= 0.6 is 15.9 Å². The summed E-state index contributed by atoms with van der Waals surface area (Å²) in [6, 6.07) is 15.8. The van der Waals surface area contributed by atoms with E-state index >= 15 is 0 Å². The molecule has 0 saturated carbocycles. The van der Waals surface area contributed by atoms with Gasteiger partial charge < -0.3 is 15.2 Å². The SMILES string of the molecule is COc1cccc(COC(c2ccccc2Br)C(C)N)c1. The molecule has 0 aliphatic heterocycles. The summed E-state index contributed by atoms with van der Waals surface area (Å²) < 4.78 is 12.3. The molecule has 0 bridgehead atoms. The average Bonchev–Trinajstić information content (AvgIpc) is 2.49. The van der Waals surface area contributed by atoms with Gasteiger partial charge in [0.15, 0.2) is 0 Å². The molecule has 2 unspecified atom stereocenters. The number of halogens is 1. The van der Waals surface area contributed by atoms with Crippen molar-refractivity contribution in [2.24, 2.45) is 5.73 Å². The van der Waals surface area contributed by atoms with E-state index in [-0.39, 0.29) is 12.1 Å². The van der Waals surface area contributed by atoms with Gasteiger partial charge in [-0.1, -0.05) is 46.3 Å². The summed E-state index contributed by atoms with van der Waals surface area (Å²) in [6.07, 6.45) is -0.160. The van der Waals surface area contributed by atoms with Crippen molar-refractivity contribution >= 4 is 15.9 Å². The van der Waals surface area contributed by atoms with Crippen LogP contribution in [0.5, 0.6) is 5.75 Å². The lowest BCUT2D eigenvalue weighted by Crippen LogP contribution is -2.27. The largest absolute Gasteiger partial charge is 0.497 e. The van der Waals surface area contributed by atoms with Crippen LogP contribution < -0.4 is 10.5 Å². The van der Waals surface area contributed by atoms with Gasteiger partial charge in [0.2, 0.25) is 0 Å². The van der Waals surface area contributed by atoms with Crippen LogP contribution in [0.15, 0.2) is 53.0 Å². The topological polar surface area (TPSA) is 44.5 Å². The summed E-state index contributed by atoms with van der Waals surface area (Å²) in [5, 5.41) is 0. The van der Waals surface area contributed by atoms with Crippen LogP contribution in [0, 0.1) is 0 Å². The second-order valence-electron chi connectivity index (χ2n) is 4.96. The van der Waals surface area contributed by atoms with Gasteiger partial charge in [-0.15, -0.1) is 0 Å². The monoisotopic (exact) mass is 349 g/mol. The van der Waals surface area contributed by atoms with Crippen molar-refractivity contribution in [2.45, 2.75) is 25.7 Å². The third-order valence-corrected chi connectivity index (χ3v) is 3.98. The molecule has 112 valence electrons. The fraction of sp³-hybridized carbons (Fsp3) is 0.294. The third-order valence-electron chi connectivity index (χ3n) is 3.25. The molecule has 2 aromatic carbocycles. The van der Waals surface area contributed by atoms with E-state index in [9.17, 15) is 0 Å². The van der Waals surface area contributed by atoms with Crippen molar-refractivity contribution in [3.63, 3.8) is 0 Å². The normalized spacial score (nSPS) is 13.7. The Morgan fingerprint density at radius 2 is 1.90 bits per heavy atom. The number of hydrogen-bond donors (Lipinski definition) is 1. The molecule has 0 saturated heterocycles. The Morgan fingerprint density at radius 1 is 1.14 bits per heavy atom. The van der Waals surface area contributed by atoms with Gasteiger partial charge in [-0.05, 0) is 36.2 Å². The highest BCUT2D eigenvalue weighted by Gasteiger charge is 2.19. The summed E-state index contributed by atoms with van der Waals surface area (Å²) in [4.78, 5) is 0. The van der Waals surface area contributed by atoms with Crippen molar-refractivity contribution in [1.82, 2.24) is 0 Å². The fourth-order valence-corrected chi connectivity index (χ4v) is 2.69. The summed E-state index contributed by atoms with van der Waals surface area (Å²) >= 11 is 3.56. The highest BCUT2D eigenvalue weighted by atomic mass is 79.9. The van der Waals surface area contributed by atoms with Crippen LogP contribution in [0.25, 0.3) is 0 Å². The van der Waals surface area contributed by atoms with Crippen LogP contribution in [0.2, 0.25) is 0 Å². The lowest BCUT2D eigenvalue weighted by atomic mass is 10.0. The maximum absolute atomic E-state index is 6.09. The van der Waals surface area contributed by atoms with Gasteiger partial charge >= 0.3 is 0 Å². The molecule has 0 fully saturated rings. The van der Waals surface area contributed by atoms with Crippen molar-refractivity contribution < 1.29 is 9.47 Å². The van der Waals surface area contributed by atoms with Gasteiger partial charge in [0.1, 0.15) is 5.75 Å². The zero-order valence-electron chi connectivity index (χ0n) is 12.3. The van der Waals surface area contributed by atoms with Crippen molar-refractivity contribution in [2.75, 3.05) is 7.11 Å². The Kier molecular flexibility index (Phi) is 5.79. The first-order valence-corrected chi connectivity index (χ1v) is 7.65. The van der Waals surface area contributed by atoms with E-state index in [0.29, 0.717) is 6.61 Å². The summed E-state index contributed by atoms with van der Waals surface area (Å²) in [7, 11) is 1.66. The average molecular weight is 350 g/mol. The van der Waals surface area contributed by atoms with Gasteiger partial charge in [-0.25, -0.2) is 0 Å². The molecule has 0 aliphatic carbocycles. The van der Waals surface area contributed by atoms with Crippen LogP contribution in [-0.2, 0) is 11.3 Å². The van der Waals surface area contributed by atoms with Crippen LogP contribution in [-0.4, -0.2) is 13.2 Å². The Hall–Kier alpha value is -1.36. The number of hydrogen-bond acceptors (Lipinski definition) is 3. The highest BCUT2D eigenvalue weighted by molar-refractivity contribution is 9.10. The van der Waals surface area contributed by atoms with Gasteiger partial charge in [0.05, 0.1) is 19.8 Å². The van der Waals surface area contributed by atoms with Crippen LogP contribution in [0.4, 0.5) is 0 Å². The second-order valence-corrected chi connectivity index (χ2v) is 5.82. The van der Waals surface area contributed by atoms with Crippen LogP contribution in [0.3, 0.4) is 0 Å². The molecule has 4 heteroatoms. The molecule has 2 atom stereocenters. The number of nitrogens with two attached hydrogens (primary N) is 1. The molecule has 0 spiro atoms. The minimum atomic E-state index is -0.160. The van der Waals surface area contributed by atoms with Gasteiger partial charge in [-0.3, -0.25) is 0 Å². The molecule has 21 heavy (non-hydrogen) atoms. The maximum Gasteiger partial charge on any atom is 0.119 e. The predicted octanol–water partition coefficient (Wildman–Crippen LogP) is 4.06. The Balaban J connectivity index is 2.12. The molecular formula is C17H20BrNO2. The molecule has 0 heterocycles. The van der Waals surface area contributed by atoms with Crippen LogP contribution in [0.1, 0.15) is 24.2 Å². The molecular weight excluding hydrogens is 330 g/mol. The number of rotatable bonds is 6. The molecule has 2 aromatic rings. The van der Waals surface area contributed by atoms with E-state index in [2.05, 4.69) is 15.9 Å². The minimum Gasteiger partial charge on any atom is -0.497 e. The first kappa shape index (κ1) is 16.0. The van der Waals surface area contributed by atoms with Crippen molar-refractivity contribution in [3.8, 4) is 5.75 Å². The summed E-state index contributed by atoms with van der Waals surface area (Å²) in [5.41, 5.74) is 8.21. The highest BCUT2D eigenvalue weighted by Crippen LogP contribution is 2.29. The standard InChI is InChI=1S/C17H20BrNO2/c1-12(19)17(15-8-3-4-9-16(15)18)21-11-13-6-5-7-14(10-13)20-2/h3-10,12,17H,11,19H2,1-2H3. The summed E-state index contributed by atoms with van der Waals surface area (Å²) in [5.74, 6) is 0.828. The predicted molar refractivity (Wildman–Crippen MR) is 88.3 cm³/mol. The lowest BCUT2D eigenvalue weighted by molar-refractivity contribution is 0.0254. The first-order chi connectivity index (χ1) is 10.1. The number of methoxy groups -OCH3 is 1. The van der Waals surface area contributed by atoms with E-state index in [4.69, 9.17) is 15.2 Å². The van der Waals surface area contributed by atoms with Crippen molar-refractivity contribution in [3.05, 3.63) is 64.1 Å². The number of benzene rings is 2. The molecule has 2 N–H and O–H groups in total. The quantitative estimate of drug-likeness (QED) is 0.854. The van der Waals surface area contributed by atoms with Gasteiger partial charge in [-0.2, -0.15) is 0 Å². The Morgan fingerprint density at radius 3 is 2.57 bits per heavy atom. The molecule has 0 radical (unpaired) electrons. The van der Waals surface area contributed by atoms with Gasteiger partial charge in [0.25, 0.3) is 0 Å². The second kappa shape index (κ2) is 7.59. The zero-order valence-corrected chi connectivity index (χ0v) is 13.8. The Bertz CT molecular complexity index is 587. The fourth-order valence-electron chi connectivity index (χ4n) is 2.18. The molecule has 3 nitrogen and oxygen atoms in total. The smallest absolute Gasteiger partial charge is 0.119 e. The van der Waals surface area contributed by atoms with E-state index in [1.807, 2.05) is 55.5 Å². The minimum absolute atomic E-state index is 0.102. The van der Waals surface area contributed by atoms with E-state index < -0.39 is 0 Å². The zero-order chi connectivity index (χ0) is 15.2. The van der Waals surface area contributed by atoms with E-state index in [1.54, 1.807) is 7.11 Å². The van der Waals surface area contributed by atoms with E-state index in [1.165, 1.54) is 0 Å². The number of ether oxygens (including phenoxy) is 2. The molecule has 0 aliphatic rings. The van der Waals surface area contributed by atoms with Gasteiger partial charge in [0, 0.05) is 10.5 Å². The molecule has 2 rings (SSSR count).